The molecule has 0 spiro atoms. The van der Waals surface area contributed by atoms with Crippen molar-refractivity contribution < 1.29 is 12.8 Å². The average molecular weight is 412 g/mol. The van der Waals surface area contributed by atoms with Crippen molar-refractivity contribution in [3.05, 3.63) is 60.5 Å². The Morgan fingerprint density at radius 2 is 1.97 bits per heavy atom. The third-order valence-corrected chi connectivity index (χ3v) is 5.46. The number of anilines is 4. The molecule has 0 amide bonds. The molecule has 148 valence electrons. The lowest BCUT2D eigenvalue weighted by molar-refractivity contribution is 0.602. The highest BCUT2D eigenvalue weighted by Gasteiger charge is 2.13. The summed E-state index contributed by atoms with van der Waals surface area (Å²) in [6, 6.07) is 12.5. The number of fused-ring (bicyclic) bond motifs is 1. The van der Waals surface area contributed by atoms with Crippen molar-refractivity contribution in [2.75, 3.05) is 23.5 Å². The van der Waals surface area contributed by atoms with Gasteiger partial charge in [0, 0.05) is 30.6 Å². The summed E-state index contributed by atoms with van der Waals surface area (Å²) in [6.45, 7) is 0. The van der Waals surface area contributed by atoms with Gasteiger partial charge < -0.3 is 10.2 Å². The van der Waals surface area contributed by atoms with Crippen LogP contribution in [-0.2, 0) is 9.84 Å². The number of rotatable bonds is 5. The van der Waals surface area contributed by atoms with E-state index in [0.29, 0.717) is 34.2 Å². The van der Waals surface area contributed by atoms with E-state index >= 15 is 0 Å². The molecule has 8 nitrogen and oxygen atoms in total. The molecule has 0 radical (unpaired) electrons. The van der Waals surface area contributed by atoms with Gasteiger partial charge in [-0.25, -0.2) is 17.8 Å². The summed E-state index contributed by atoms with van der Waals surface area (Å²) >= 11 is 0. The van der Waals surface area contributed by atoms with Crippen LogP contribution in [0.2, 0.25) is 0 Å². The Kier molecular flexibility index (Phi) is 4.63. The zero-order valence-corrected chi connectivity index (χ0v) is 16.4. The SMILES string of the molecule is CN(c1cccc(S(C)(=O)=O)c1)c1nccc(Nc2n[nH]c3ccc(F)cc23)n1. The number of halogens is 1. The minimum absolute atomic E-state index is 0.209. The van der Waals surface area contributed by atoms with Gasteiger partial charge in [0.25, 0.3) is 0 Å². The number of nitrogens with one attached hydrogen (secondary N) is 2. The fourth-order valence-electron chi connectivity index (χ4n) is 2.82. The molecular weight excluding hydrogens is 395 g/mol. The van der Waals surface area contributed by atoms with E-state index in [2.05, 4.69) is 25.5 Å². The summed E-state index contributed by atoms with van der Waals surface area (Å²) in [5.41, 5.74) is 1.32. The van der Waals surface area contributed by atoms with E-state index in [1.807, 2.05) is 0 Å². The quantitative estimate of drug-likeness (QED) is 0.518. The lowest BCUT2D eigenvalue weighted by Crippen LogP contribution is -2.14. The standard InChI is InChI=1S/C19H17FN6O2S/c1-26(13-4-3-5-14(11-13)29(2,27)28)19-21-9-8-17(23-19)22-18-15-10-12(20)6-7-16(15)24-25-18/h3-11H,1-2H3,(H2,21,22,23,24,25). The average Bonchev–Trinajstić information content (AvgIpc) is 3.09. The van der Waals surface area contributed by atoms with Gasteiger partial charge >= 0.3 is 0 Å². The summed E-state index contributed by atoms with van der Waals surface area (Å²) in [5.74, 6) is 0.882. The Morgan fingerprint density at radius 3 is 2.76 bits per heavy atom. The third-order valence-electron chi connectivity index (χ3n) is 4.35. The van der Waals surface area contributed by atoms with Gasteiger partial charge in [0.1, 0.15) is 11.6 Å². The van der Waals surface area contributed by atoms with Crippen LogP contribution in [0.5, 0.6) is 0 Å². The number of sulfone groups is 1. The molecule has 2 aromatic carbocycles. The maximum atomic E-state index is 13.6. The minimum atomic E-state index is -3.33. The molecule has 0 saturated heterocycles. The second-order valence-electron chi connectivity index (χ2n) is 6.46. The summed E-state index contributed by atoms with van der Waals surface area (Å²) < 4.78 is 37.2. The van der Waals surface area contributed by atoms with E-state index in [1.54, 1.807) is 48.5 Å². The third kappa shape index (κ3) is 3.87. The van der Waals surface area contributed by atoms with E-state index in [9.17, 15) is 12.8 Å². The van der Waals surface area contributed by atoms with Crippen LogP contribution in [0.3, 0.4) is 0 Å². The Hall–Kier alpha value is -3.53. The van der Waals surface area contributed by atoms with E-state index in [1.165, 1.54) is 18.2 Å². The highest BCUT2D eigenvalue weighted by molar-refractivity contribution is 7.90. The lowest BCUT2D eigenvalue weighted by Gasteiger charge is -2.18. The first-order chi connectivity index (χ1) is 13.8. The molecule has 0 saturated carbocycles. The second kappa shape index (κ2) is 7.13. The predicted octanol–water partition coefficient (Wildman–Crippen LogP) is 3.41. The first-order valence-corrected chi connectivity index (χ1v) is 10.5. The highest BCUT2D eigenvalue weighted by Crippen LogP contribution is 2.26. The van der Waals surface area contributed by atoms with Crippen LogP contribution in [-0.4, -0.2) is 41.9 Å². The molecule has 2 N–H and O–H groups in total. The maximum absolute atomic E-state index is 13.6. The largest absolute Gasteiger partial charge is 0.323 e. The normalized spacial score (nSPS) is 11.6. The van der Waals surface area contributed by atoms with E-state index in [-0.39, 0.29) is 10.7 Å². The Morgan fingerprint density at radius 1 is 1.14 bits per heavy atom. The molecule has 4 rings (SSSR count). The molecule has 10 heteroatoms. The number of benzene rings is 2. The van der Waals surface area contributed by atoms with Gasteiger partial charge in [-0.05, 0) is 42.5 Å². The number of hydrogen-bond donors (Lipinski definition) is 2. The minimum Gasteiger partial charge on any atom is -0.323 e. The van der Waals surface area contributed by atoms with E-state index in [0.717, 1.165) is 6.26 Å². The second-order valence-corrected chi connectivity index (χ2v) is 8.47. The van der Waals surface area contributed by atoms with Gasteiger partial charge in [-0.15, -0.1) is 0 Å². The topological polar surface area (TPSA) is 104 Å². The molecular formula is C19H17FN6O2S. The molecule has 29 heavy (non-hydrogen) atoms. The van der Waals surface area contributed by atoms with Crippen LogP contribution in [0.1, 0.15) is 0 Å². The Labute approximate surface area is 166 Å². The van der Waals surface area contributed by atoms with Gasteiger partial charge in [-0.1, -0.05) is 6.07 Å². The van der Waals surface area contributed by atoms with Crippen molar-refractivity contribution in [3.8, 4) is 0 Å². The van der Waals surface area contributed by atoms with Gasteiger partial charge in [0.05, 0.1) is 10.4 Å². The van der Waals surface area contributed by atoms with Crippen molar-refractivity contribution in [3.63, 3.8) is 0 Å². The Balaban J connectivity index is 1.64. The van der Waals surface area contributed by atoms with Crippen LogP contribution in [0.15, 0.2) is 59.6 Å². The van der Waals surface area contributed by atoms with Crippen LogP contribution in [0, 0.1) is 5.82 Å². The molecule has 0 aliphatic rings. The number of H-pyrrole nitrogens is 1. The smallest absolute Gasteiger partial charge is 0.231 e. The first-order valence-electron chi connectivity index (χ1n) is 8.59. The monoisotopic (exact) mass is 412 g/mol. The fraction of sp³-hybridized carbons (Fsp3) is 0.105. The molecule has 0 aliphatic carbocycles. The molecule has 0 bridgehead atoms. The molecule has 4 aromatic rings. The van der Waals surface area contributed by atoms with Gasteiger partial charge in [0.2, 0.25) is 5.95 Å². The first kappa shape index (κ1) is 18.8. The van der Waals surface area contributed by atoms with Crippen molar-refractivity contribution >= 4 is 44.0 Å². The lowest BCUT2D eigenvalue weighted by atomic mass is 10.2. The number of hydrogen-bond acceptors (Lipinski definition) is 7. The molecule has 0 unspecified atom stereocenters. The van der Waals surface area contributed by atoms with Crippen molar-refractivity contribution in [2.45, 2.75) is 4.90 Å². The summed E-state index contributed by atoms with van der Waals surface area (Å²) in [6.07, 6.45) is 2.72. The Bertz CT molecular complexity index is 1310. The maximum Gasteiger partial charge on any atom is 0.231 e. The van der Waals surface area contributed by atoms with Crippen LogP contribution >= 0.6 is 0 Å². The predicted molar refractivity (Wildman–Crippen MR) is 109 cm³/mol. The highest BCUT2D eigenvalue weighted by atomic mass is 32.2. The van der Waals surface area contributed by atoms with Crippen molar-refractivity contribution in [1.82, 2.24) is 20.2 Å². The molecule has 2 heterocycles. The number of nitrogens with zero attached hydrogens (tertiary/aromatic N) is 4. The number of aromatic nitrogens is 4. The van der Waals surface area contributed by atoms with Crippen molar-refractivity contribution in [1.29, 1.82) is 0 Å². The molecule has 0 fully saturated rings. The summed E-state index contributed by atoms with van der Waals surface area (Å²) in [5, 5.41) is 10.6. The van der Waals surface area contributed by atoms with Crippen LogP contribution < -0.4 is 10.2 Å². The van der Waals surface area contributed by atoms with E-state index < -0.39 is 9.84 Å². The van der Waals surface area contributed by atoms with Gasteiger partial charge in [0.15, 0.2) is 15.7 Å². The summed E-state index contributed by atoms with van der Waals surface area (Å²) in [4.78, 5) is 10.6. The van der Waals surface area contributed by atoms with Crippen molar-refractivity contribution in [2.24, 2.45) is 0 Å². The number of aromatic amines is 1. The van der Waals surface area contributed by atoms with Crippen LogP contribution in [0.4, 0.5) is 27.7 Å². The van der Waals surface area contributed by atoms with E-state index in [4.69, 9.17) is 0 Å². The fourth-order valence-corrected chi connectivity index (χ4v) is 3.48. The zero-order chi connectivity index (χ0) is 20.6. The molecule has 2 aromatic heterocycles. The zero-order valence-electron chi connectivity index (χ0n) is 15.6. The van der Waals surface area contributed by atoms with Crippen LogP contribution in [0.25, 0.3) is 10.9 Å². The van der Waals surface area contributed by atoms with Gasteiger partial charge in [-0.2, -0.15) is 10.1 Å². The summed E-state index contributed by atoms with van der Waals surface area (Å²) in [7, 11) is -1.59. The van der Waals surface area contributed by atoms with Gasteiger partial charge in [-0.3, -0.25) is 5.10 Å². The molecule has 0 aliphatic heterocycles. The molecule has 0 atom stereocenters.